The Balaban J connectivity index is 1.87. The van der Waals surface area contributed by atoms with Gasteiger partial charge in [0.25, 0.3) is 0 Å². The third-order valence-electron chi connectivity index (χ3n) is 4.75. The number of aliphatic hydroxyl groups excluding tert-OH is 1. The molecule has 1 unspecified atom stereocenters. The smallest absolute Gasteiger partial charge is 0.433 e. The van der Waals surface area contributed by atoms with Gasteiger partial charge >= 0.3 is 6.18 Å². The first kappa shape index (κ1) is 22.7. The number of pyridine rings is 1. The van der Waals surface area contributed by atoms with E-state index in [9.17, 15) is 43.5 Å². The van der Waals surface area contributed by atoms with Crippen LogP contribution in [0.4, 0.5) is 13.2 Å². The number of rotatable bonds is 4. The molecule has 4 rings (SSSR count). The molecule has 2 aromatic carbocycles. The van der Waals surface area contributed by atoms with Gasteiger partial charge in [0.05, 0.1) is 0 Å². The Morgan fingerprint density at radius 1 is 0.941 bits per heavy atom. The van der Waals surface area contributed by atoms with Gasteiger partial charge in [-0.1, -0.05) is 0 Å². The molecule has 1 atom stereocenters. The van der Waals surface area contributed by atoms with Crippen LogP contribution in [-0.2, 0) is 6.18 Å². The average molecular weight is 477 g/mol. The summed E-state index contributed by atoms with van der Waals surface area (Å²) in [6.45, 7) is 0. The summed E-state index contributed by atoms with van der Waals surface area (Å²) >= 11 is 0. The minimum atomic E-state index is -4.71. The van der Waals surface area contributed by atoms with E-state index in [0.29, 0.717) is 12.3 Å². The molecule has 0 saturated carbocycles. The highest BCUT2D eigenvalue weighted by molar-refractivity contribution is 5.88. The standard InChI is InChI=1S/C22H14F3NO8/c23-22(24,25)16-4-2-10(8-26-16)21(32)34-20-18(31)17-14(30)6-11(27)7-15(17)33-19(20)9-1-3-12(28)13(29)5-9/h1-8,21,27-30,32H. The zero-order valence-corrected chi connectivity index (χ0v) is 16.7. The van der Waals surface area contributed by atoms with Crippen LogP contribution in [0.15, 0.2) is 57.9 Å². The van der Waals surface area contributed by atoms with Crippen LogP contribution in [0.2, 0.25) is 0 Å². The molecule has 0 amide bonds. The Morgan fingerprint density at radius 2 is 1.68 bits per heavy atom. The minimum Gasteiger partial charge on any atom is -0.508 e. The number of phenolic OH excluding ortho intramolecular Hbond substituents is 4. The molecule has 0 fully saturated rings. The summed E-state index contributed by atoms with van der Waals surface area (Å²) in [6.07, 6.45) is -5.99. The average Bonchev–Trinajstić information content (AvgIpc) is 2.76. The summed E-state index contributed by atoms with van der Waals surface area (Å²) in [7, 11) is 0. The van der Waals surface area contributed by atoms with Crippen molar-refractivity contribution in [3.63, 3.8) is 0 Å². The lowest BCUT2D eigenvalue weighted by Crippen LogP contribution is -2.16. The maximum absolute atomic E-state index is 13.1. The number of fused-ring (bicyclic) bond motifs is 1. The highest BCUT2D eigenvalue weighted by Crippen LogP contribution is 2.39. The van der Waals surface area contributed by atoms with Gasteiger partial charge in [0.15, 0.2) is 17.3 Å². The maximum atomic E-state index is 13.1. The number of alkyl halides is 3. The third kappa shape index (κ3) is 4.13. The number of aliphatic hydroxyl groups is 1. The molecule has 34 heavy (non-hydrogen) atoms. The molecule has 0 bridgehead atoms. The third-order valence-corrected chi connectivity index (χ3v) is 4.75. The molecule has 176 valence electrons. The normalized spacial score (nSPS) is 12.6. The molecule has 0 aliphatic carbocycles. The van der Waals surface area contributed by atoms with Crippen LogP contribution in [0.1, 0.15) is 17.5 Å². The lowest BCUT2D eigenvalue weighted by atomic mass is 10.1. The van der Waals surface area contributed by atoms with E-state index in [-0.39, 0.29) is 22.5 Å². The van der Waals surface area contributed by atoms with E-state index in [4.69, 9.17) is 9.15 Å². The number of hydrogen-bond donors (Lipinski definition) is 5. The quantitative estimate of drug-likeness (QED) is 0.218. The first-order valence-electron chi connectivity index (χ1n) is 9.38. The van der Waals surface area contributed by atoms with Gasteiger partial charge in [-0.05, 0) is 30.3 Å². The molecule has 4 aromatic rings. The van der Waals surface area contributed by atoms with E-state index in [1.807, 2.05) is 0 Å². The monoisotopic (exact) mass is 477 g/mol. The van der Waals surface area contributed by atoms with E-state index in [2.05, 4.69) is 4.98 Å². The van der Waals surface area contributed by atoms with Crippen molar-refractivity contribution in [3.05, 3.63) is 70.1 Å². The minimum absolute atomic E-state index is 0.00937. The molecular formula is C22H14F3NO8. The van der Waals surface area contributed by atoms with Crippen molar-refractivity contribution in [1.29, 1.82) is 0 Å². The predicted octanol–water partition coefficient (Wildman–Crippen LogP) is 3.77. The van der Waals surface area contributed by atoms with Gasteiger partial charge in [-0.25, -0.2) is 0 Å². The van der Waals surface area contributed by atoms with Crippen LogP contribution in [0, 0.1) is 0 Å². The Hall–Kier alpha value is -4.45. The van der Waals surface area contributed by atoms with Crippen molar-refractivity contribution in [2.75, 3.05) is 0 Å². The Bertz CT molecular complexity index is 1450. The SMILES string of the molecule is O=c1c(OC(O)c2ccc(C(F)(F)F)nc2)c(-c2ccc(O)c(O)c2)oc2cc(O)cc(O)c12. The number of benzene rings is 2. The number of aromatic nitrogens is 1. The summed E-state index contributed by atoms with van der Waals surface area (Å²) in [6, 6.07) is 6.73. The zero-order chi connectivity index (χ0) is 24.8. The lowest BCUT2D eigenvalue weighted by Gasteiger charge is -2.17. The fourth-order valence-electron chi connectivity index (χ4n) is 3.13. The molecule has 0 aliphatic heterocycles. The van der Waals surface area contributed by atoms with Crippen molar-refractivity contribution in [2.24, 2.45) is 0 Å². The van der Waals surface area contributed by atoms with Crippen LogP contribution in [-0.4, -0.2) is 30.5 Å². The summed E-state index contributed by atoms with van der Waals surface area (Å²) in [5.41, 5.74) is -2.73. The van der Waals surface area contributed by atoms with Gasteiger partial charge in [0, 0.05) is 29.5 Å². The number of ether oxygens (including phenoxy) is 1. The first-order valence-corrected chi connectivity index (χ1v) is 9.38. The topological polar surface area (TPSA) is 153 Å². The van der Waals surface area contributed by atoms with Crippen molar-refractivity contribution < 1.29 is 47.9 Å². The Morgan fingerprint density at radius 3 is 2.29 bits per heavy atom. The molecule has 5 N–H and O–H groups in total. The van der Waals surface area contributed by atoms with Crippen molar-refractivity contribution >= 4 is 11.0 Å². The predicted molar refractivity (Wildman–Crippen MR) is 109 cm³/mol. The van der Waals surface area contributed by atoms with Crippen molar-refractivity contribution in [1.82, 2.24) is 4.98 Å². The molecule has 0 radical (unpaired) electrons. The highest BCUT2D eigenvalue weighted by Gasteiger charge is 2.32. The van der Waals surface area contributed by atoms with E-state index >= 15 is 0 Å². The molecule has 0 spiro atoms. The first-order chi connectivity index (χ1) is 16.0. The molecular weight excluding hydrogens is 463 g/mol. The fourth-order valence-corrected chi connectivity index (χ4v) is 3.13. The number of nitrogens with zero attached hydrogens (tertiary/aromatic N) is 1. The van der Waals surface area contributed by atoms with Crippen LogP contribution < -0.4 is 10.2 Å². The van der Waals surface area contributed by atoms with Gasteiger partial charge in [-0.3, -0.25) is 9.78 Å². The van der Waals surface area contributed by atoms with Crippen LogP contribution in [0.25, 0.3) is 22.3 Å². The van der Waals surface area contributed by atoms with E-state index in [1.165, 1.54) is 6.07 Å². The van der Waals surface area contributed by atoms with Gasteiger partial charge in [0.2, 0.25) is 17.5 Å². The number of phenols is 4. The van der Waals surface area contributed by atoms with Gasteiger partial charge in [0.1, 0.15) is 28.2 Å². The maximum Gasteiger partial charge on any atom is 0.433 e. The van der Waals surface area contributed by atoms with Crippen LogP contribution >= 0.6 is 0 Å². The largest absolute Gasteiger partial charge is 0.508 e. The van der Waals surface area contributed by atoms with Crippen molar-refractivity contribution in [2.45, 2.75) is 12.5 Å². The molecule has 2 aromatic heterocycles. The Labute approximate surface area is 187 Å². The molecule has 2 heterocycles. The highest BCUT2D eigenvalue weighted by atomic mass is 19.4. The van der Waals surface area contributed by atoms with Crippen LogP contribution in [0.3, 0.4) is 0 Å². The second-order valence-corrected chi connectivity index (χ2v) is 7.08. The molecule has 0 saturated heterocycles. The second-order valence-electron chi connectivity index (χ2n) is 7.08. The zero-order valence-electron chi connectivity index (χ0n) is 16.7. The number of hydrogen-bond acceptors (Lipinski definition) is 9. The summed E-state index contributed by atoms with van der Waals surface area (Å²) in [5.74, 6) is -3.22. The van der Waals surface area contributed by atoms with E-state index in [0.717, 1.165) is 30.3 Å². The van der Waals surface area contributed by atoms with E-state index in [1.54, 1.807) is 0 Å². The summed E-state index contributed by atoms with van der Waals surface area (Å²) in [4.78, 5) is 16.4. The lowest BCUT2D eigenvalue weighted by molar-refractivity contribution is -0.141. The van der Waals surface area contributed by atoms with Crippen molar-refractivity contribution in [3.8, 4) is 40.1 Å². The molecule has 0 aliphatic rings. The van der Waals surface area contributed by atoms with Gasteiger partial charge < -0.3 is 34.7 Å². The second kappa shape index (κ2) is 8.15. The van der Waals surface area contributed by atoms with Gasteiger partial charge in [-0.2, -0.15) is 13.2 Å². The summed E-state index contributed by atoms with van der Waals surface area (Å²) in [5, 5.41) is 49.3. The van der Waals surface area contributed by atoms with Crippen LogP contribution in [0.5, 0.6) is 28.7 Å². The molecule has 12 heteroatoms. The summed E-state index contributed by atoms with van der Waals surface area (Å²) < 4.78 is 49.2. The number of aromatic hydroxyl groups is 4. The fraction of sp³-hybridized carbons (Fsp3) is 0.0909. The Kier molecular flexibility index (Phi) is 5.45. The van der Waals surface area contributed by atoms with E-state index < -0.39 is 57.7 Å². The number of halogens is 3. The molecule has 9 nitrogen and oxygen atoms in total. The van der Waals surface area contributed by atoms with Gasteiger partial charge in [-0.15, -0.1) is 0 Å².